The summed E-state index contributed by atoms with van der Waals surface area (Å²) in [4.78, 5) is 9.37. The Labute approximate surface area is 265 Å². The molecule has 4 rings (SSSR count). The van der Waals surface area contributed by atoms with Crippen LogP contribution in [0.2, 0.25) is 0 Å². The fraction of sp³-hybridized carbons (Fsp3) is 0.471. The van der Waals surface area contributed by atoms with Gasteiger partial charge in [-0.2, -0.15) is 5.10 Å². The Balaban J connectivity index is 1.92. The van der Waals surface area contributed by atoms with E-state index in [0.29, 0.717) is 28.9 Å². The number of anilines is 2. The second kappa shape index (κ2) is 14.6. The van der Waals surface area contributed by atoms with Crippen molar-refractivity contribution >= 4 is 29.1 Å². The standard InChI is InChI=1S/C34H46F2N6OS/c1-10-20(3)31(29(11-2)42-19-25(43-8)15-12-22(42)5)32(24-13-14-24)34(38-30-16-21(4)39-40-30)37-23(6)41(7)33-27(35)17-26(44-9)18-28(33)36/h11,16-18,24-25H,5,10,12-15,19H2,1-4,6-9H3,(H2,38,39,40)/b29-11-,31-20+,34-32+,37-23+. The summed E-state index contributed by atoms with van der Waals surface area (Å²) < 4.78 is 36.2. The van der Waals surface area contributed by atoms with E-state index in [0.717, 1.165) is 60.3 Å². The second-order valence-electron chi connectivity index (χ2n) is 11.5. The Morgan fingerprint density at radius 3 is 2.45 bits per heavy atom. The molecule has 7 nitrogen and oxygen atoms in total. The van der Waals surface area contributed by atoms with Gasteiger partial charge in [0.1, 0.15) is 17.3 Å². The summed E-state index contributed by atoms with van der Waals surface area (Å²) in [7, 11) is 3.40. The normalized spacial score (nSPS) is 19.2. The minimum absolute atomic E-state index is 0.104. The Bertz CT molecular complexity index is 1480. The molecule has 238 valence electrons. The molecular weight excluding hydrogens is 578 g/mol. The highest BCUT2D eigenvalue weighted by atomic mass is 32.2. The molecule has 1 aliphatic carbocycles. The molecule has 0 bridgehead atoms. The van der Waals surface area contributed by atoms with E-state index in [1.54, 1.807) is 27.3 Å². The van der Waals surface area contributed by atoms with Crippen LogP contribution in [-0.2, 0) is 4.74 Å². The molecule has 0 amide bonds. The number of ether oxygens (including phenoxy) is 1. The van der Waals surface area contributed by atoms with Crippen molar-refractivity contribution in [1.82, 2.24) is 15.1 Å². The van der Waals surface area contributed by atoms with Gasteiger partial charge in [0.05, 0.1) is 6.10 Å². The lowest BCUT2D eigenvalue weighted by Gasteiger charge is -2.39. The van der Waals surface area contributed by atoms with Gasteiger partial charge in [-0.1, -0.05) is 25.2 Å². The average Bonchev–Trinajstić information content (AvgIpc) is 3.76. The molecule has 10 heteroatoms. The van der Waals surface area contributed by atoms with E-state index < -0.39 is 11.6 Å². The first kappa shape index (κ1) is 33.5. The van der Waals surface area contributed by atoms with Gasteiger partial charge in [0.25, 0.3) is 0 Å². The van der Waals surface area contributed by atoms with E-state index in [1.165, 1.54) is 34.4 Å². The third-order valence-electron chi connectivity index (χ3n) is 8.42. The van der Waals surface area contributed by atoms with Gasteiger partial charge >= 0.3 is 0 Å². The quantitative estimate of drug-likeness (QED) is 0.113. The molecule has 1 aromatic carbocycles. The molecule has 2 aliphatic rings. The number of nitrogens with zero attached hydrogens (tertiary/aromatic N) is 4. The molecule has 1 unspecified atom stereocenters. The molecule has 2 N–H and O–H groups in total. The summed E-state index contributed by atoms with van der Waals surface area (Å²) in [5.41, 5.74) is 6.29. The first-order valence-corrected chi connectivity index (χ1v) is 16.4. The summed E-state index contributed by atoms with van der Waals surface area (Å²) in [6.45, 7) is 15.2. The number of aromatic amines is 1. The lowest BCUT2D eigenvalue weighted by Crippen LogP contribution is -2.37. The van der Waals surface area contributed by atoms with Crippen LogP contribution in [0.15, 0.2) is 74.7 Å². The zero-order valence-corrected chi connectivity index (χ0v) is 28.1. The highest BCUT2D eigenvalue weighted by Crippen LogP contribution is 2.47. The van der Waals surface area contributed by atoms with Crippen molar-refractivity contribution in [2.24, 2.45) is 10.9 Å². The number of rotatable bonds is 11. The van der Waals surface area contributed by atoms with Gasteiger partial charge in [0, 0.05) is 59.9 Å². The number of allylic oxidation sites excluding steroid dienone is 4. The fourth-order valence-corrected chi connectivity index (χ4v) is 6.01. The second-order valence-corrected chi connectivity index (χ2v) is 12.4. The molecule has 1 saturated carbocycles. The number of aromatic nitrogens is 2. The van der Waals surface area contributed by atoms with Crippen LogP contribution in [0.25, 0.3) is 0 Å². The number of halogens is 2. The number of H-pyrrole nitrogens is 1. The van der Waals surface area contributed by atoms with Crippen LogP contribution in [0.5, 0.6) is 0 Å². The predicted octanol–water partition coefficient (Wildman–Crippen LogP) is 8.56. The average molecular weight is 625 g/mol. The highest BCUT2D eigenvalue weighted by molar-refractivity contribution is 7.98. The first-order chi connectivity index (χ1) is 21.0. The zero-order chi connectivity index (χ0) is 32.1. The smallest absolute Gasteiger partial charge is 0.153 e. The van der Waals surface area contributed by atoms with Crippen molar-refractivity contribution in [1.29, 1.82) is 0 Å². The Kier molecular flexibility index (Phi) is 11.1. The number of piperidine rings is 1. The fourth-order valence-electron chi connectivity index (χ4n) is 5.57. The molecule has 2 heterocycles. The SMILES string of the molecule is C=C1CCC(OC)CN1C(=C\C)/C(=C(/C)CC)C(=C(\N=C(/C)N(C)c1c(F)cc(SC)cc1F)Nc1cc(C)[nH]n1)/C1CC1. The summed E-state index contributed by atoms with van der Waals surface area (Å²) in [5.74, 6) is 0.656. The molecule has 1 atom stereocenters. The van der Waals surface area contributed by atoms with E-state index >= 15 is 8.78 Å². The van der Waals surface area contributed by atoms with Crippen molar-refractivity contribution in [3.8, 4) is 0 Å². The molecule has 0 spiro atoms. The maximum atomic E-state index is 15.2. The van der Waals surface area contributed by atoms with E-state index in [-0.39, 0.29) is 17.7 Å². The largest absolute Gasteiger partial charge is 0.380 e. The zero-order valence-electron chi connectivity index (χ0n) is 27.3. The molecular formula is C34H46F2N6OS. The van der Waals surface area contributed by atoms with Gasteiger partial charge in [-0.25, -0.2) is 13.8 Å². The van der Waals surface area contributed by atoms with Crippen molar-refractivity contribution in [3.63, 3.8) is 0 Å². The van der Waals surface area contributed by atoms with Crippen molar-refractivity contribution in [2.75, 3.05) is 37.2 Å². The molecule has 2 aromatic rings. The van der Waals surface area contributed by atoms with Crippen LogP contribution in [0.1, 0.15) is 65.5 Å². The van der Waals surface area contributed by atoms with Crippen LogP contribution in [-0.4, -0.2) is 54.0 Å². The number of nitrogens with one attached hydrogen (secondary N) is 2. The first-order valence-electron chi connectivity index (χ1n) is 15.2. The van der Waals surface area contributed by atoms with Crippen molar-refractivity contribution < 1.29 is 13.5 Å². The summed E-state index contributed by atoms with van der Waals surface area (Å²) in [6, 6.07) is 4.63. The Morgan fingerprint density at radius 1 is 1.25 bits per heavy atom. The van der Waals surface area contributed by atoms with Crippen molar-refractivity contribution in [3.05, 3.63) is 82.1 Å². The van der Waals surface area contributed by atoms with Gasteiger partial charge in [0.2, 0.25) is 0 Å². The number of likely N-dealkylation sites (tertiary alicyclic amines) is 1. The molecule has 1 aromatic heterocycles. The van der Waals surface area contributed by atoms with Crippen LogP contribution in [0.4, 0.5) is 20.3 Å². The number of hydrogen-bond acceptors (Lipinski definition) is 6. The van der Waals surface area contributed by atoms with E-state index in [1.807, 2.05) is 13.0 Å². The number of aliphatic imine (C=N–C) groups is 1. The molecule has 1 saturated heterocycles. The number of methoxy groups -OCH3 is 1. The van der Waals surface area contributed by atoms with Gasteiger partial charge in [0.15, 0.2) is 17.5 Å². The Hall–Kier alpha value is -3.37. The molecule has 0 radical (unpaired) electrons. The maximum Gasteiger partial charge on any atom is 0.153 e. The molecule has 2 fully saturated rings. The Morgan fingerprint density at radius 2 is 1.93 bits per heavy atom. The lowest BCUT2D eigenvalue weighted by molar-refractivity contribution is 0.0586. The summed E-state index contributed by atoms with van der Waals surface area (Å²) >= 11 is 1.30. The summed E-state index contributed by atoms with van der Waals surface area (Å²) in [6.07, 6.45) is 8.71. The van der Waals surface area contributed by atoms with Gasteiger partial charge in [-0.05, 0) is 84.1 Å². The minimum atomic E-state index is -0.634. The van der Waals surface area contributed by atoms with Crippen LogP contribution in [0, 0.1) is 24.5 Å². The van der Waals surface area contributed by atoms with Gasteiger partial charge < -0.3 is 19.9 Å². The van der Waals surface area contributed by atoms with Gasteiger partial charge in [-0.3, -0.25) is 5.10 Å². The number of amidine groups is 1. The maximum absolute atomic E-state index is 15.2. The van der Waals surface area contributed by atoms with E-state index in [4.69, 9.17) is 9.73 Å². The minimum Gasteiger partial charge on any atom is -0.380 e. The topological polar surface area (TPSA) is 68.8 Å². The molecule has 1 aliphatic heterocycles. The van der Waals surface area contributed by atoms with Gasteiger partial charge in [-0.15, -0.1) is 11.8 Å². The predicted molar refractivity (Wildman–Crippen MR) is 179 cm³/mol. The highest BCUT2D eigenvalue weighted by Gasteiger charge is 2.36. The number of benzene rings is 1. The van der Waals surface area contributed by atoms with Crippen LogP contribution in [0.3, 0.4) is 0 Å². The van der Waals surface area contributed by atoms with Crippen molar-refractivity contribution in [2.45, 2.75) is 77.7 Å². The third kappa shape index (κ3) is 7.46. The van der Waals surface area contributed by atoms with Crippen LogP contribution >= 0.6 is 11.8 Å². The number of aryl methyl sites for hydroxylation is 1. The number of thioether (sulfide) groups is 1. The molecule has 44 heavy (non-hydrogen) atoms. The summed E-state index contributed by atoms with van der Waals surface area (Å²) in [5, 5.41) is 10.9. The lowest BCUT2D eigenvalue weighted by atomic mass is 9.90. The van der Waals surface area contributed by atoms with E-state index in [9.17, 15) is 0 Å². The number of hydrogen-bond donors (Lipinski definition) is 2. The third-order valence-corrected chi connectivity index (χ3v) is 9.12. The van der Waals surface area contributed by atoms with Crippen LogP contribution < -0.4 is 10.2 Å². The monoisotopic (exact) mass is 624 g/mol. The van der Waals surface area contributed by atoms with E-state index in [2.05, 4.69) is 53.8 Å².